The number of benzene rings is 8. The van der Waals surface area contributed by atoms with Gasteiger partial charge in [-0.05, 0) is 106 Å². The highest BCUT2D eigenvalue weighted by Crippen LogP contribution is 2.37. The average Bonchev–Trinajstić information content (AvgIpc) is 3.23. The first-order valence-corrected chi connectivity index (χ1v) is 17.7. The fraction of sp³-hybridized carbons (Fsp3) is 0. The molecule has 248 valence electrons. The quantitative estimate of drug-likeness (QED) is 0.134. The lowest BCUT2D eigenvalue weighted by Gasteiger charge is -2.26. The van der Waals surface area contributed by atoms with Crippen LogP contribution in [0.3, 0.4) is 0 Å². The molecule has 0 aliphatic heterocycles. The molecular weight excluding hydrogens is 629 g/mol. The van der Waals surface area contributed by atoms with Gasteiger partial charge in [0.2, 0.25) is 0 Å². The Hall–Kier alpha value is -6.90. The summed E-state index contributed by atoms with van der Waals surface area (Å²) in [6, 6.07) is 77.2. The molecule has 0 heterocycles. The van der Waals surface area contributed by atoms with Crippen LogP contribution in [-0.4, -0.2) is 0 Å². The average molecular weight is 667 g/mol. The molecule has 0 spiro atoms. The zero-order chi connectivity index (χ0) is 35.0. The number of hydrogen-bond acceptors (Lipinski definition) is 2. The van der Waals surface area contributed by atoms with Crippen molar-refractivity contribution in [1.82, 2.24) is 0 Å². The molecule has 0 radical (unpaired) electrons. The first-order chi connectivity index (χ1) is 25.8. The summed E-state index contributed by atoms with van der Waals surface area (Å²) in [5.41, 5.74) is 13.8. The molecule has 8 rings (SSSR count). The van der Waals surface area contributed by atoms with Crippen LogP contribution >= 0.6 is 0 Å². The van der Waals surface area contributed by atoms with Crippen molar-refractivity contribution in [3.63, 3.8) is 0 Å². The highest BCUT2D eigenvalue weighted by molar-refractivity contribution is 5.81. The van der Waals surface area contributed by atoms with Crippen LogP contribution in [0.4, 0.5) is 34.1 Å². The number of rotatable bonds is 10. The molecule has 8 aromatic carbocycles. The predicted molar refractivity (Wildman–Crippen MR) is 222 cm³/mol. The molecule has 0 aliphatic carbocycles. The molecule has 0 bridgehead atoms. The molecule has 0 saturated carbocycles. The van der Waals surface area contributed by atoms with Crippen molar-refractivity contribution in [2.24, 2.45) is 0 Å². The number of para-hydroxylation sites is 2. The molecule has 2 heteroatoms. The van der Waals surface area contributed by atoms with E-state index in [1.54, 1.807) is 0 Å². The molecule has 0 N–H and O–H groups in total. The third kappa shape index (κ3) is 7.33. The van der Waals surface area contributed by atoms with Crippen LogP contribution in [0.15, 0.2) is 218 Å². The van der Waals surface area contributed by atoms with Crippen molar-refractivity contribution in [3.05, 3.63) is 230 Å². The Morgan fingerprint density at radius 3 is 0.750 bits per heavy atom. The molecule has 2 nitrogen and oxygen atoms in total. The fourth-order valence-corrected chi connectivity index (χ4v) is 6.58. The molecule has 52 heavy (non-hydrogen) atoms. The van der Waals surface area contributed by atoms with Crippen molar-refractivity contribution in [2.45, 2.75) is 0 Å². The Morgan fingerprint density at radius 2 is 0.442 bits per heavy atom. The van der Waals surface area contributed by atoms with Crippen LogP contribution in [0.2, 0.25) is 0 Å². The summed E-state index contributed by atoms with van der Waals surface area (Å²) < 4.78 is 0. The van der Waals surface area contributed by atoms with Crippen molar-refractivity contribution in [2.75, 3.05) is 9.80 Å². The second kappa shape index (κ2) is 15.3. The number of nitrogens with zero attached hydrogens (tertiary/aromatic N) is 2. The standard InChI is InChI=1S/C50H38N2/c1-5-13-41(14-6-1)43-27-35-49(36-28-43)51(45-17-9-3-10-18-45)47-31-23-39(24-32-47)21-22-40-25-33-48(34-26-40)52(46-19-11-4-12-20-46)50-37-29-44(30-38-50)42-15-7-2-8-16-42/h1-38H/b22-21+. The van der Waals surface area contributed by atoms with Crippen LogP contribution in [0, 0.1) is 0 Å². The van der Waals surface area contributed by atoms with Crippen LogP contribution < -0.4 is 9.80 Å². The van der Waals surface area contributed by atoms with E-state index in [2.05, 4.69) is 240 Å². The van der Waals surface area contributed by atoms with Gasteiger partial charge in [-0.25, -0.2) is 0 Å². The Kier molecular flexibility index (Phi) is 9.53. The molecule has 0 aliphatic rings. The summed E-state index contributed by atoms with van der Waals surface area (Å²) in [5, 5.41) is 0. The highest BCUT2D eigenvalue weighted by atomic mass is 15.1. The summed E-state index contributed by atoms with van der Waals surface area (Å²) >= 11 is 0. The van der Waals surface area contributed by atoms with Gasteiger partial charge < -0.3 is 9.80 Å². The van der Waals surface area contributed by atoms with E-state index in [1.165, 1.54) is 22.3 Å². The van der Waals surface area contributed by atoms with Gasteiger partial charge in [-0.1, -0.05) is 158 Å². The maximum atomic E-state index is 2.30. The topological polar surface area (TPSA) is 6.48 Å². The van der Waals surface area contributed by atoms with Crippen LogP contribution in [0.25, 0.3) is 34.4 Å². The monoisotopic (exact) mass is 666 g/mol. The van der Waals surface area contributed by atoms with Gasteiger partial charge in [-0.2, -0.15) is 0 Å². The minimum atomic E-state index is 1.11. The third-order valence-electron chi connectivity index (χ3n) is 9.26. The Labute approximate surface area is 306 Å². The van der Waals surface area contributed by atoms with Crippen molar-refractivity contribution < 1.29 is 0 Å². The van der Waals surface area contributed by atoms with E-state index < -0.39 is 0 Å². The summed E-state index contributed by atoms with van der Waals surface area (Å²) in [6.45, 7) is 0. The molecule has 8 aromatic rings. The second-order valence-corrected chi connectivity index (χ2v) is 12.7. The largest absolute Gasteiger partial charge is 0.311 e. The molecule has 0 amide bonds. The van der Waals surface area contributed by atoms with Crippen molar-refractivity contribution in [1.29, 1.82) is 0 Å². The van der Waals surface area contributed by atoms with Crippen LogP contribution in [-0.2, 0) is 0 Å². The lowest BCUT2D eigenvalue weighted by atomic mass is 10.0. The molecule has 0 aromatic heterocycles. The Morgan fingerprint density at radius 1 is 0.212 bits per heavy atom. The van der Waals surface area contributed by atoms with Crippen LogP contribution in [0.1, 0.15) is 11.1 Å². The van der Waals surface area contributed by atoms with Crippen molar-refractivity contribution in [3.8, 4) is 22.3 Å². The summed E-state index contributed by atoms with van der Waals surface area (Å²) in [6.07, 6.45) is 4.36. The van der Waals surface area contributed by atoms with Gasteiger partial charge in [0.25, 0.3) is 0 Å². The number of anilines is 6. The van der Waals surface area contributed by atoms with E-state index in [-0.39, 0.29) is 0 Å². The maximum absolute atomic E-state index is 2.30. The predicted octanol–water partition coefficient (Wildman–Crippen LogP) is 14.1. The van der Waals surface area contributed by atoms with Gasteiger partial charge in [0.05, 0.1) is 0 Å². The lowest BCUT2D eigenvalue weighted by Crippen LogP contribution is -2.09. The fourth-order valence-electron chi connectivity index (χ4n) is 6.58. The maximum Gasteiger partial charge on any atom is 0.0462 e. The molecule has 0 fully saturated rings. The summed E-state index contributed by atoms with van der Waals surface area (Å²) in [4.78, 5) is 4.60. The molecule has 0 unspecified atom stereocenters. The van der Waals surface area contributed by atoms with E-state index in [4.69, 9.17) is 0 Å². The van der Waals surface area contributed by atoms with Crippen molar-refractivity contribution >= 4 is 46.3 Å². The second-order valence-electron chi connectivity index (χ2n) is 12.7. The third-order valence-corrected chi connectivity index (χ3v) is 9.26. The van der Waals surface area contributed by atoms with Gasteiger partial charge in [-0.3, -0.25) is 0 Å². The normalized spacial score (nSPS) is 11.0. The minimum Gasteiger partial charge on any atom is -0.311 e. The van der Waals surface area contributed by atoms with E-state index in [0.29, 0.717) is 0 Å². The van der Waals surface area contributed by atoms with Gasteiger partial charge >= 0.3 is 0 Å². The molecular formula is C50H38N2. The zero-order valence-electron chi connectivity index (χ0n) is 28.8. The lowest BCUT2D eigenvalue weighted by molar-refractivity contribution is 1.28. The molecule has 0 saturated heterocycles. The van der Waals surface area contributed by atoms with E-state index in [0.717, 1.165) is 45.3 Å². The SMILES string of the molecule is C(=C\c1ccc(N(c2ccccc2)c2ccc(-c3ccccc3)cc2)cc1)/c1ccc(N(c2ccccc2)c2ccc(-c3ccccc3)cc2)cc1. The first kappa shape index (κ1) is 32.3. The zero-order valence-corrected chi connectivity index (χ0v) is 28.8. The summed E-state index contributed by atoms with van der Waals surface area (Å²) in [5.74, 6) is 0. The van der Waals surface area contributed by atoms with Gasteiger partial charge in [0.1, 0.15) is 0 Å². The Balaban J connectivity index is 1.01. The first-order valence-electron chi connectivity index (χ1n) is 17.7. The number of hydrogen-bond donors (Lipinski definition) is 0. The smallest absolute Gasteiger partial charge is 0.0462 e. The van der Waals surface area contributed by atoms with E-state index in [1.807, 2.05) is 0 Å². The molecule has 0 atom stereocenters. The van der Waals surface area contributed by atoms with E-state index in [9.17, 15) is 0 Å². The van der Waals surface area contributed by atoms with Gasteiger partial charge in [-0.15, -0.1) is 0 Å². The summed E-state index contributed by atoms with van der Waals surface area (Å²) in [7, 11) is 0. The minimum absolute atomic E-state index is 1.11. The van der Waals surface area contributed by atoms with Gasteiger partial charge in [0.15, 0.2) is 0 Å². The highest BCUT2D eigenvalue weighted by Gasteiger charge is 2.14. The van der Waals surface area contributed by atoms with E-state index >= 15 is 0 Å². The Bertz CT molecular complexity index is 2160. The van der Waals surface area contributed by atoms with Gasteiger partial charge in [0, 0.05) is 34.1 Å². The van der Waals surface area contributed by atoms with Crippen LogP contribution in [0.5, 0.6) is 0 Å².